The van der Waals surface area contributed by atoms with Crippen LogP contribution >= 0.6 is 0 Å². The van der Waals surface area contributed by atoms with E-state index in [1.54, 1.807) is 0 Å². The SMILES string of the molecule is CCNC(=NCCCOC1CCCc2ccccc21)NC1CCc2nc(CC)nn2C1. The molecule has 7 nitrogen and oxygen atoms in total. The number of hydrogen-bond donors (Lipinski definition) is 2. The molecule has 1 aliphatic heterocycles. The van der Waals surface area contributed by atoms with E-state index < -0.39 is 0 Å². The van der Waals surface area contributed by atoms with Gasteiger partial charge in [0.2, 0.25) is 0 Å². The molecule has 31 heavy (non-hydrogen) atoms. The van der Waals surface area contributed by atoms with Gasteiger partial charge in [0.15, 0.2) is 11.8 Å². The highest BCUT2D eigenvalue weighted by molar-refractivity contribution is 5.80. The number of nitrogens with one attached hydrogen (secondary N) is 2. The van der Waals surface area contributed by atoms with Crippen molar-refractivity contribution in [2.45, 2.75) is 77.5 Å². The Morgan fingerprint density at radius 3 is 3.00 bits per heavy atom. The first-order valence-electron chi connectivity index (χ1n) is 11.9. The van der Waals surface area contributed by atoms with Crippen LogP contribution in [0.15, 0.2) is 29.3 Å². The molecule has 0 fully saturated rings. The fourth-order valence-corrected chi connectivity index (χ4v) is 4.51. The van der Waals surface area contributed by atoms with Gasteiger partial charge < -0.3 is 15.4 Å². The zero-order valence-electron chi connectivity index (χ0n) is 18.9. The predicted molar refractivity (Wildman–Crippen MR) is 123 cm³/mol. The molecule has 4 rings (SSSR count). The molecule has 0 bridgehead atoms. The first-order chi connectivity index (χ1) is 15.3. The van der Waals surface area contributed by atoms with Crippen LogP contribution in [0.1, 0.15) is 68.4 Å². The van der Waals surface area contributed by atoms with Gasteiger partial charge in [-0.25, -0.2) is 9.67 Å². The molecule has 2 N–H and O–H groups in total. The van der Waals surface area contributed by atoms with Crippen molar-refractivity contribution in [3.63, 3.8) is 0 Å². The van der Waals surface area contributed by atoms with Gasteiger partial charge in [0, 0.05) is 38.6 Å². The van der Waals surface area contributed by atoms with E-state index in [0.717, 1.165) is 76.0 Å². The first-order valence-corrected chi connectivity index (χ1v) is 11.9. The van der Waals surface area contributed by atoms with Crippen molar-refractivity contribution in [3.8, 4) is 0 Å². The number of benzene rings is 1. The van der Waals surface area contributed by atoms with E-state index in [2.05, 4.69) is 63.5 Å². The van der Waals surface area contributed by atoms with Crippen LogP contribution in [0.5, 0.6) is 0 Å². The summed E-state index contributed by atoms with van der Waals surface area (Å²) >= 11 is 0. The fraction of sp³-hybridized carbons (Fsp3) is 0.625. The van der Waals surface area contributed by atoms with Crippen molar-refractivity contribution in [1.29, 1.82) is 0 Å². The van der Waals surface area contributed by atoms with Gasteiger partial charge in [-0.2, -0.15) is 5.10 Å². The highest BCUT2D eigenvalue weighted by Crippen LogP contribution is 2.32. The van der Waals surface area contributed by atoms with Crippen LogP contribution < -0.4 is 10.6 Å². The van der Waals surface area contributed by atoms with Crippen LogP contribution in [0.4, 0.5) is 0 Å². The molecule has 0 spiro atoms. The second kappa shape index (κ2) is 10.8. The molecule has 0 saturated carbocycles. The second-order valence-electron chi connectivity index (χ2n) is 8.42. The molecule has 0 radical (unpaired) electrons. The molecule has 7 heteroatoms. The summed E-state index contributed by atoms with van der Waals surface area (Å²) in [5.74, 6) is 2.94. The van der Waals surface area contributed by atoms with Crippen molar-refractivity contribution < 1.29 is 4.74 Å². The number of guanidine groups is 1. The van der Waals surface area contributed by atoms with Crippen LogP contribution in [0.25, 0.3) is 0 Å². The normalized spacial score (nSPS) is 20.8. The monoisotopic (exact) mass is 424 g/mol. The molecule has 0 amide bonds. The summed E-state index contributed by atoms with van der Waals surface area (Å²) in [7, 11) is 0. The summed E-state index contributed by atoms with van der Waals surface area (Å²) in [4.78, 5) is 9.39. The lowest BCUT2D eigenvalue weighted by Gasteiger charge is -2.26. The molecule has 2 aromatic rings. The van der Waals surface area contributed by atoms with Gasteiger partial charge in [-0.15, -0.1) is 0 Å². The van der Waals surface area contributed by atoms with Gasteiger partial charge in [-0.1, -0.05) is 31.2 Å². The average Bonchev–Trinajstić information content (AvgIpc) is 3.21. The summed E-state index contributed by atoms with van der Waals surface area (Å²) in [5, 5.41) is 11.6. The Bertz CT molecular complexity index is 877. The topological polar surface area (TPSA) is 76.4 Å². The van der Waals surface area contributed by atoms with E-state index in [-0.39, 0.29) is 6.10 Å². The summed E-state index contributed by atoms with van der Waals surface area (Å²) in [5.41, 5.74) is 2.83. The Labute approximate surface area is 185 Å². The number of ether oxygens (including phenoxy) is 1. The Kier molecular flexibility index (Phi) is 7.57. The minimum atomic E-state index is 0.243. The number of aromatic nitrogens is 3. The number of nitrogens with zero attached hydrogens (tertiary/aromatic N) is 4. The smallest absolute Gasteiger partial charge is 0.191 e. The number of aryl methyl sites for hydroxylation is 3. The van der Waals surface area contributed by atoms with Crippen LogP contribution in [0.3, 0.4) is 0 Å². The molecule has 1 aromatic heterocycles. The highest BCUT2D eigenvalue weighted by Gasteiger charge is 2.22. The van der Waals surface area contributed by atoms with E-state index in [0.29, 0.717) is 6.04 Å². The molecule has 1 aliphatic carbocycles. The van der Waals surface area contributed by atoms with Crippen molar-refractivity contribution in [2.24, 2.45) is 4.99 Å². The third kappa shape index (κ3) is 5.64. The minimum absolute atomic E-state index is 0.243. The van der Waals surface area contributed by atoms with Gasteiger partial charge in [0.1, 0.15) is 5.82 Å². The Hall–Kier alpha value is -2.41. The van der Waals surface area contributed by atoms with E-state index in [1.165, 1.54) is 24.0 Å². The van der Waals surface area contributed by atoms with E-state index in [1.807, 2.05) is 0 Å². The van der Waals surface area contributed by atoms with E-state index in [4.69, 9.17) is 9.73 Å². The first kappa shape index (κ1) is 21.8. The van der Waals surface area contributed by atoms with E-state index in [9.17, 15) is 0 Å². The molecule has 168 valence electrons. The molecular weight excluding hydrogens is 388 g/mol. The molecule has 0 saturated heterocycles. The van der Waals surface area contributed by atoms with Gasteiger partial charge in [-0.05, 0) is 50.2 Å². The summed E-state index contributed by atoms with van der Waals surface area (Å²) in [6.45, 7) is 7.40. The summed E-state index contributed by atoms with van der Waals surface area (Å²) in [6.07, 6.45) is 7.57. The lowest BCUT2D eigenvalue weighted by Crippen LogP contribution is -2.47. The number of rotatable bonds is 8. The van der Waals surface area contributed by atoms with Crippen molar-refractivity contribution >= 4 is 5.96 Å². The molecular formula is C24H36N6O. The Morgan fingerprint density at radius 1 is 1.23 bits per heavy atom. The maximum Gasteiger partial charge on any atom is 0.191 e. The lowest BCUT2D eigenvalue weighted by atomic mass is 9.89. The quantitative estimate of drug-likeness (QED) is 0.387. The summed E-state index contributed by atoms with van der Waals surface area (Å²) in [6, 6.07) is 9.03. The van der Waals surface area contributed by atoms with Crippen molar-refractivity contribution in [2.75, 3.05) is 19.7 Å². The molecule has 1 aromatic carbocycles. The van der Waals surface area contributed by atoms with E-state index >= 15 is 0 Å². The zero-order chi connectivity index (χ0) is 21.5. The number of hydrogen-bond acceptors (Lipinski definition) is 4. The Morgan fingerprint density at radius 2 is 2.13 bits per heavy atom. The van der Waals surface area contributed by atoms with Crippen LogP contribution in [0, 0.1) is 0 Å². The minimum Gasteiger partial charge on any atom is -0.373 e. The number of fused-ring (bicyclic) bond motifs is 2. The van der Waals surface area contributed by atoms with Gasteiger partial charge in [-0.3, -0.25) is 4.99 Å². The molecule has 2 aliphatic rings. The van der Waals surface area contributed by atoms with Gasteiger partial charge in [0.05, 0.1) is 12.6 Å². The maximum atomic E-state index is 6.22. The third-order valence-electron chi connectivity index (χ3n) is 6.11. The van der Waals surface area contributed by atoms with Crippen molar-refractivity contribution in [1.82, 2.24) is 25.4 Å². The largest absolute Gasteiger partial charge is 0.373 e. The summed E-state index contributed by atoms with van der Waals surface area (Å²) < 4.78 is 8.28. The van der Waals surface area contributed by atoms with Crippen LogP contribution in [-0.4, -0.2) is 46.5 Å². The molecule has 2 unspecified atom stereocenters. The lowest BCUT2D eigenvalue weighted by molar-refractivity contribution is 0.0403. The van der Waals surface area contributed by atoms with Gasteiger partial charge >= 0.3 is 0 Å². The maximum absolute atomic E-state index is 6.22. The van der Waals surface area contributed by atoms with Crippen LogP contribution in [0.2, 0.25) is 0 Å². The second-order valence-corrected chi connectivity index (χ2v) is 8.42. The fourth-order valence-electron chi connectivity index (χ4n) is 4.51. The van der Waals surface area contributed by atoms with Crippen LogP contribution in [-0.2, 0) is 30.5 Å². The predicted octanol–water partition coefficient (Wildman–Crippen LogP) is 3.19. The average molecular weight is 425 g/mol. The number of aliphatic imine (C=N–C) groups is 1. The highest BCUT2D eigenvalue weighted by atomic mass is 16.5. The molecule has 2 atom stereocenters. The van der Waals surface area contributed by atoms with Crippen molar-refractivity contribution in [3.05, 3.63) is 47.0 Å². The third-order valence-corrected chi connectivity index (χ3v) is 6.11. The standard InChI is InChI=1S/C24H36N6O/c1-3-22-28-23-14-13-19(17-30(23)29-22)27-24(25-4-2)26-15-8-16-31-21-12-7-10-18-9-5-6-11-20(18)21/h5-6,9,11,19,21H,3-4,7-8,10,12-17H2,1-2H3,(H2,25,26,27). The Balaban J connectivity index is 1.24. The molecule has 2 heterocycles. The van der Waals surface area contributed by atoms with Gasteiger partial charge in [0.25, 0.3) is 0 Å². The zero-order valence-corrected chi connectivity index (χ0v) is 18.9.